The van der Waals surface area contributed by atoms with E-state index < -0.39 is 0 Å². The van der Waals surface area contributed by atoms with Crippen LogP contribution in [0.3, 0.4) is 0 Å². The number of amides is 1. The maximum atomic E-state index is 12.6. The lowest BCUT2D eigenvalue weighted by atomic mass is 9.99. The second kappa shape index (κ2) is 5.05. The van der Waals surface area contributed by atoms with Gasteiger partial charge in [-0.25, -0.2) is 4.98 Å². The lowest BCUT2D eigenvalue weighted by Crippen LogP contribution is -2.48. The molecule has 2 unspecified atom stereocenters. The van der Waals surface area contributed by atoms with E-state index in [2.05, 4.69) is 4.98 Å². The molecule has 5 nitrogen and oxygen atoms in total. The van der Waals surface area contributed by atoms with Crippen molar-refractivity contribution in [1.29, 1.82) is 0 Å². The number of pyridine rings is 1. The molecule has 5 heteroatoms. The fourth-order valence-corrected chi connectivity index (χ4v) is 3.41. The first-order valence-electron chi connectivity index (χ1n) is 7.20. The predicted octanol–water partition coefficient (Wildman–Crippen LogP) is 1.28. The topological polar surface area (TPSA) is 56.7 Å². The summed E-state index contributed by atoms with van der Waals surface area (Å²) < 4.78 is 0. The van der Waals surface area contributed by atoms with E-state index in [1.54, 1.807) is 6.20 Å². The van der Waals surface area contributed by atoms with E-state index in [1.807, 2.05) is 36.0 Å². The lowest BCUT2D eigenvalue weighted by Gasteiger charge is -2.37. The van der Waals surface area contributed by atoms with Crippen LogP contribution in [0.5, 0.6) is 0 Å². The first-order valence-corrected chi connectivity index (χ1v) is 7.20. The Morgan fingerprint density at radius 1 is 1.30 bits per heavy atom. The average molecular weight is 275 g/mol. The Bertz CT molecular complexity index is 486. The predicted molar refractivity (Wildman–Crippen MR) is 76.8 cm³/mol. The van der Waals surface area contributed by atoms with Gasteiger partial charge in [-0.05, 0) is 37.8 Å². The zero-order valence-corrected chi connectivity index (χ0v) is 12.0. The third-order valence-corrected chi connectivity index (χ3v) is 4.40. The van der Waals surface area contributed by atoms with E-state index in [0.717, 1.165) is 18.7 Å². The molecular formula is C15H21N3O2. The van der Waals surface area contributed by atoms with Gasteiger partial charge in [0.1, 0.15) is 5.82 Å². The van der Waals surface area contributed by atoms with Crippen molar-refractivity contribution in [3.8, 4) is 0 Å². The first kappa shape index (κ1) is 13.4. The smallest absolute Gasteiger partial charge is 0.255 e. The van der Waals surface area contributed by atoms with Crippen LogP contribution < -0.4 is 4.90 Å². The number of hydrogen-bond acceptors (Lipinski definition) is 4. The van der Waals surface area contributed by atoms with E-state index in [1.165, 1.54) is 0 Å². The summed E-state index contributed by atoms with van der Waals surface area (Å²) in [5.41, 5.74) is 0.642. The Labute approximate surface area is 119 Å². The molecule has 3 rings (SSSR count). The largest absolute Gasteiger partial charge is 0.393 e. The van der Waals surface area contributed by atoms with E-state index in [0.29, 0.717) is 18.4 Å². The molecule has 108 valence electrons. The minimum absolute atomic E-state index is 0.0576. The summed E-state index contributed by atoms with van der Waals surface area (Å²) in [5.74, 6) is 0.904. The highest BCUT2D eigenvalue weighted by Gasteiger charge is 2.42. The summed E-state index contributed by atoms with van der Waals surface area (Å²) in [5, 5.41) is 9.80. The number of aliphatic hydroxyl groups is 1. The molecule has 0 aliphatic carbocycles. The number of anilines is 1. The molecule has 2 bridgehead atoms. The highest BCUT2D eigenvalue weighted by Crippen LogP contribution is 2.36. The van der Waals surface area contributed by atoms with Crippen molar-refractivity contribution in [2.75, 3.05) is 19.0 Å². The van der Waals surface area contributed by atoms with Gasteiger partial charge in [-0.3, -0.25) is 4.79 Å². The van der Waals surface area contributed by atoms with Crippen molar-refractivity contribution >= 4 is 11.7 Å². The molecule has 2 aliphatic heterocycles. The van der Waals surface area contributed by atoms with E-state index >= 15 is 0 Å². The number of piperidine rings is 1. The van der Waals surface area contributed by atoms with E-state index in [9.17, 15) is 9.90 Å². The molecule has 1 N–H and O–H groups in total. The normalized spacial score (nSPS) is 28.6. The molecule has 2 saturated heterocycles. The molecule has 0 aromatic carbocycles. The molecule has 2 aliphatic rings. The standard InChI is InChI=1S/C15H21N3O2/c1-17(2)14-6-3-10(9-16-14)15(20)18-11-4-5-12(18)8-13(19)7-11/h3,6,9,11-13,19H,4-5,7-8H2,1-2H3. The van der Waals surface area contributed by atoms with Gasteiger partial charge in [0.2, 0.25) is 0 Å². The van der Waals surface area contributed by atoms with Crippen molar-refractivity contribution in [2.24, 2.45) is 0 Å². The molecule has 3 heterocycles. The number of aromatic nitrogens is 1. The van der Waals surface area contributed by atoms with Gasteiger partial charge in [-0.15, -0.1) is 0 Å². The van der Waals surface area contributed by atoms with Gasteiger partial charge in [0.05, 0.1) is 11.7 Å². The third kappa shape index (κ3) is 2.26. The summed E-state index contributed by atoms with van der Waals surface area (Å²) in [6.45, 7) is 0. The maximum absolute atomic E-state index is 12.6. The SMILES string of the molecule is CN(C)c1ccc(C(=O)N2C3CCC2CC(O)C3)cn1. The Morgan fingerprint density at radius 3 is 2.45 bits per heavy atom. The number of nitrogens with zero attached hydrogens (tertiary/aromatic N) is 3. The zero-order valence-electron chi connectivity index (χ0n) is 12.0. The second-order valence-electron chi connectivity index (χ2n) is 6.02. The van der Waals surface area contributed by atoms with Gasteiger partial charge in [0.15, 0.2) is 0 Å². The van der Waals surface area contributed by atoms with Crippen LogP contribution in [0.15, 0.2) is 18.3 Å². The van der Waals surface area contributed by atoms with Gasteiger partial charge in [0.25, 0.3) is 5.91 Å². The summed E-state index contributed by atoms with van der Waals surface area (Å²) >= 11 is 0. The number of carbonyl (C=O) groups excluding carboxylic acids is 1. The molecule has 1 aromatic heterocycles. The Morgan fingerprint density at radius 2 is 1.95 bits per heavy atom. The molecular weight excluding hydrogens is 254 g/mol. The minimum Gasteiger partial charge on any atom is -0.393 e. The van der Waals surface area contributed by atoms with Crippen LogP contribution >= 0.6 is 0 Å². The van der Waals surface area contributed by atoms with Crippen molar-refractivity contribution < 1.29 is 9.90 Å². The highest BCUT2D eigenvalue weighted by molar-refractivity contribution is 5.94. The number of hydrogen-bond donors (Lipinski definition) is 1. The monoisotopic (exact) mass is 275 g/mol. The molecule has 2 atom stereocenters. The fraction of sp³-hybridized carbons (Fsp3) is 0.600. The molecule has 0 spiro atoms. The molecule has 0 saturated carbocycles. The number of rotatable bonds is 2. The average Bonchev–Trinajstić information content (AvgIpc) is 2.70. The minimum atomic E-state index is -0.245. The summed E-state index contributed by atoms with van der Waals surface area (Å²) in [6.07, 6.45) is 4.86. The van der Waals surface area contributed by atoms with Gasteiger partial charge >= 0.3 is 0 Å². The van der Waals surface area contributed by atoms with Crippen molar-refractivity contribution in [2.45, 2.75) is 43.9 Å². The van der Waals surface area contributed by atoms with Gasteiger partial charge in [-0.1, -0.05) is 0 Å². The fourth-order valence-electron chi connectivity index (χ4n) is 3.41. The van der Waals surface area contributed by atoms with Crippen LogP contribution in [0.25, 0.3) is 0 Å². The van der Waals surface area contributed by atoms with E-state index in [4.69, 9.17) is 0 Å². The second-order valence-corrected chi connectivity index (χ2v) is 6.02. The quantitative estimate of drug-likeness (QED) is 0.883. The molecule has 0 radical (unpaired) electrons. The van der Waals surface area contributed by atoms with E-state index in [-0.39, 0.29) is 24.1 Å². The van der Waals surface area contributed by atoms with Crippen LogP contribution in [-0.4, -0.2) is 53.2 Å². The summed E-state index contributed by atoms with van der Waals surface area (Å²) in [7, 11) is 3.85. The first-order chi connectivity index (χ1) is 9.56. The molecule has 1 amide bonds. The highest BCUT2D eigenvalue weighted by atomic mass is 16.3. The number of carbonyl (C=O) groups is 1. The van der Waals surface area contributed by atoms with Crippen LogP contribution in [0.2, 0.25) is 0 Å². The Hall–Kier alpha value is -1.62. The maximum Gasteiger partial charge on any atom is 0.255 e. The number of fused-ring (bicyclic) bond motifs is 2. The van der Waals surface area contributed by atoms with Crippen molar-refractivity contribution in [1.82, 2.24) is 9.88 Å². The van der Waals surface area contributed by atoms with Gasteiger partial charge in [0, 0.05) is 32.4 Å². The third-order valence-electron chi connectivity index (χ3n) is 4.40. The van der Waals surface area contributed by atoms with Crippen LogP contribution in [0.1, 0.15) is 36.0 Å². The zero-order chi connectivity index (χ0) is 14.3. The Balaban J connectivity index is 1.79. The molecule has 20 heavy (non-hydrogen) atoms. The van der Waals surface area contributed by atoms with Gasteiger partial charge in [-0.2, -0.15) is 0 Å². The van der Waals surface area contributed by atoms with Crippen LogP contribution in [-0.2, 0) is 0 Å². The van der Waals surface area contributed by atoms with Crippen LogP contribution in [0, 0.1) is 0 Å². The van der Waals surface area contributed by atoms with Crippen LogP contribution in [0.4, 0.5) is 5.82 Å². The van der Waals surface area contributed by atoms with Gasteiger partial charge < -0.3 is 14.9 Å². The molecule has 1 aromatic rings. The summed E-state index contributed by atoms with van der Waals surface area (Å²) in [4.78, 5) is 20.8. The number of aliphatic hydroxyl groups excluding tert-OH is 1. The molecule has 2 fully saturated rings. The Kier molecular flexibility index (Phi) is 3.38. The van der Waals surface area contributed by atoms with Crippen molar-refractivity contribution in [3.05, 3.63) is 23.9 Å². The summed E-state index contributed by atoms with van der Waals surface area (Å²) in [6, 6.07) is 4.11. The lowest BCUT2D eigenvalue weighted by molar-refractivity contribution is 0.0286. The van der Waals surface area contributed by atoms with Crippen molar-refractivity contribution in [3.63, 3.8) is 0 Å².